The van der Waals surface area contributed by atoms with Gasteiger partial charge in [-0.25, -0.2) is 4.98 Å². The molecule has 0 radical (unpaired) electrons. The lowest BCUT2D eigenvalue weighted by Gasteiger charge is -2.28. The monoisotopic (exact) mass is 348 g/mol. The average Bonchev–Trinajstić information content (AvgIpc) is 2.70. The normalized spacial score (nSPS) is 16.2. The largest absolute Gasteiger partial charge is 0.494 e. The third-order valence-electron chi connectivity index (χ3n) is 3.80. The highest BCUT2D eigenvalue weighted by Gasteiger charge is 2.49. The summed E-state index contributed by atoms with van der Waals surface area (Å²) in [5.74, 6) is -1.04. The molecule has 1 aromatic rings. The Balaban J connectivity index is 2.41. The molecule has 1 aromatic heterocycles. The summed E-state index contributed by atoms with van der Waals surface area (Å²) in [6, 6.07) is 3.40. The molecule has 0 atom stereocenters. The van der Waals surface area contributed by atoms with Crippen molar-refractivity contribution in [1.29, 1.82) is 5.26 Å². The third-order valence-corrected chi connectivity index (χ3v) is 4.20. The Morgan fingerprint density at radius 3 is 2.75 bits per heavy atom. The Morgan fingerprint density at radius 1 is 1.54 bits per heavy atom. The number of aromatic nitrogens is 1. The number of nitrogens with zero attached hydrogens (tertiary/aromatic N) is 4. The van der Waals surface area contributed by atoms with Crippen molar-refractivity contribution in [3.8, 4) is 11.8 Å². The lowest BCUT2D eigenvalue weighted by molar-refractivity contribution is -0.137. The predicted octanol–water partition coefficient (Wildman–Crippen LogP) is 1.15. The summed E-state index contributed by atoms with van der Waals surface area (Å²) < 4.78 is 5.11. The van der Waals surface area contributed by atoms with E-state index < -0.39 is 11.5 Å². The Kier molecular flexibility index (Phi) is 4.71. The lowest BCUT2D eigenvalue weighted by atomic mass is 10.0. The van der Waals surface area contributed by atoms with Crippen molar-refractivity contribution in [2.45, 2.75) is 25.8 Å². The van der Waals surface area contributed by atoms with Crippen LogP contribution in [-0.2, 0) is 9.59 Å². The first-order valence-corrected chi connectivity index (χ1v) is 7.47. The molecule has 2 heterocycles. The molecular formula is C15H16N4O4S. The molecule has 0 bridgehead atoms. The first-order chi connectivity index (χ1) is 11.2. The van der Waals surface area contributed by atoms with E-state index in [0.29, 0.717) is 5.69 Å². The van der Waals surface area contributed by atoms with Crippen molar-refractivity contribution in [3.05, 3.63) is 18.0 Å². The maximum absolute atomic E-state index is 12.8. The van der Waals surface area contributed by atoms with E-state index >= 15 is 0 Å². The van der Waals surface area contributed by atoms with Crippen molar-refractivity contribution in [2.75, 3.05) is 18.6 Å². The second-order valence-corrected chi connectivity index (χ2v) is 6.00. The van der Waals surface area contributed by atoms with Gasteiger partial charge in [-0.2, -0.15) is 5.26 Å². The number of carboxylic acids is 1. The van der Waals surface area contributed by atoms with E-state index in [1.807, 2.05) is 6.07 Å². The van der Waals surface area contributed by atoms with E-state index in [1.54, 1.807) is 18.7 Å². The second-order valence-electron chi connectivity index (χ2n) is 5.63. The topological polar surface area (TPSA) is 107 Å². The molecule has 0 unspecified atom stereocenters. The molecular weight excluding hydrogens is 332 g/mol. The zero-order chi connectivity index (χ0) is 18.1. The number of hydrogen-bond acceptors (Lipinski definition) is 6. The number of pyridine rings is 1. The molecule has 1 fully saturated rings. The molecule has 0 aromatic carbocycles. The summed E-state index contributed by atoms with van der Waals surface area (Å²) in [5, 5.41) is 18.1. The summed E-state index contributed by atoms with van der Waals surface area (Å²) in [7, 11) is 1.40. The maximum Gasteiger partial charge on any atom is 0.305 e. The van der Waals surface area contributed by atoms with E-state index in [9.17, 15) is 9.59 Å². The van der Waals surface area contributed by atoms with Gasteiger partial charge >= 0.3 is 5.97 Å². The number of thiocarbonyl (C=S) groups is 1. The number of rotatable bonds is 5. The molecule has 0 spiro atoms. The molecule has 0 aliphatic carbocycles. The summed E-state index contributed by atoms with van der Waals surface area (Å²) in [4.78, 5) is 30.4. The van der Waals surface area contributed by atoms with Crippen LogP contribution in [0.15, 0.2) is 12.3 Å². The zero-order valence-electron chi connectivity index (χ0n) is 13.4. The number of anilines is 1. The molecule has 2 rings (SSSR count). The minimum Gasteiger partial charge on any atom is -0.494 e. The maximum atomic E-state index is 12.8. The van der Waals surface area contributed by atoms with Gasteiger partial charge in [0.05, 0.1) is 25.4 Å². The Morgan fingerprint density at radius 2 is 2.21 bits per heavy atom. The fourth-order valence-corrected chi connectivity index (χ4v) is 2.95. The molecule has 1 saturated heterocycles. The highest BCUT2D eigenvalue weighted by Crippen LogP contribution is 2.33. The van der Waals surface area contributed by atoms with Crippen LogP contribution in [0.2, 0.25) is 0 Å². The number of carbonyl (C=O) groups excluding carboxylic acids is 1. The van der Waals surface area contributed by atoms with E-state index in [0.717, 1.165) is 0 Å². The molecule has 1 aliphatic rings. The van der Waals surface area contributed by atoms with Gasteiger partial charge in [0.25, 0.3) is 5.91 Å². The van der Waals surface area contributed by atoms with Gasteiger partial charge in [-0.15, -0.1) is 0 Å². The fourth-order valence-electron chi connectivity index (χ4n) is 2.44. The number of carbonyl (C=O) groups is 2. The molecule has 24 heavy (non-hydrogen) atoms. The number of amides is 1. The Bertz CT molecular complexity index is 756. The van der Waals surface area contributed by atoms with Crippen LogP contribution in [0.25, 0.3) is 0 Å². The number of hydrogen-bond donors (Lipinski definition) is 1. The van der Waals surface area contributed by atoms with E-state index in [4.69, 9.17) is 27.3 Å². The minimum atomic E-state index is -0.979. The zero-order valence-corrected chi connectivity index (χ0v) is 14.3. The van der Waals surface area contributed by atoms with Gasteiger partial charge in [0.1, 0.15) is 11.6 Å². The van der Waals surface area contributed by atoms with Crippen molar-refractivity contribution in [3.63, 3.8) is 0 Å². The van der Waals surface area contributed by atoms with Gasteiger partial charge in [0.15, 0.2) is 16.6 Å². The minimum absolute atomic E-state index is 0.0980. The smallest absolute Gasteiger partial charge is 0.305 e. The van der Waals surface area contributed by atoms with E-state index in [-0.39, 0.29) is 35.4 Å². The standard InChI is InChI=1S/C15H16N4O4S/c1-15(2)13(22)19(14(24)18(15)5-4-12(20)21)9-6-11(23-3)10(7-16)17-8-9/h6,8H,4-5H2,1-3H3,(H,20,21). The number of carboxylic acid groups (broad SMARTS) is 1. The number of nitriles is 1. The van der Waals surface area contributed by atoms with Crippen molar-refractivity contribution in [1.82, 2.24) is 9.88 Å². The van der Waals surface area contributed by atoms with Crippen LogP contribution in [0.4, 0.5) is 5.69 Å². The van der Waals surface area contributed by atoms with Crippen LogP contribution in [0, 0.1) is 11.3 Å². The van der Waals surface area contributed by atoms with Gasteiger partial charge in [0.2, 0.25) is 0 Å². The lowest BCUT2D eigenvalue weighted by Crippen LogP contribution is -2.45. The summed E-state index contributed by atoms with van der Waals surface area (Å²) in [5.41, 5.74) is -0.513. The van der Waals surface area contributed by atoms with Gasteiger partial charge in [-0.05, 0) is 26.1 Å². The fraction of sp³-hybridized carbons (Fsp3) is 0.400. The molecule has 0 saturated carbocycles. The highest BCUT2D eigenvalue weighted by atomic mass is 32.1. The molecule has 126 valence electrons. The second kappa shape index (κ2) is 6.41. The predicted molar refractivity (Wildman–Crippen MR) is 88.6 cm³/mol. The van der Waals surface area contributed by atoms with Gasteiger partial charge in [-0.1, -0.05) is 0 Å². The Hall–Kier alpha value is -2.73. The number of methoxy groups -OCH3 is 1. The van der Waals surface area contributed by atoms with Crippen LogP contribution in [-0.4, -0.2) is 51.2 Å². The quantitative estimate of drug-likeness (QED) is 0.790. The SMILES string of the molecule is COc1cc(N2C(=O)C(C)(C)N(CCC(=O)O)C2=S)cnc1C#N. The summed E-state index contributed by atoms with van der Waals surface area (Å²) in [6.07, 6.45) is 1.22. The van der Waals surface area contributed by atoms with Gasteiger partial charge in [-0.3, -0.25) is 14.5 Å². The summed E-state index contributed by atoms with van der Waals surface area (Å²) >= 11 is 5.37. The van der Waals surface area contributed by atoms with Crippen LogP contribution in [0.1, 0.15) is 26.0 Å². The number of aliphatic carboxylic acids is 1. The Labute approximate surface area is 144 Å². The molecule has 8 nitrogen and oxygen atoms in total. The van der Waals surface area contributed by atoms with Gasteiger partial charge < -0.3 is 14.7 Å². The van der Waals surface area contributed by atoms with Crippen LogP contribution in [0.3, 0.4) is 0 Å². The van der Waals surface area contributed by atoms with E-state index in [2.05, 4.69) is 4.98 Å². The number of ether oxygens (including phenoxy) is 1. The first-order valence-electron chi connectivity index (χ1n) is 7.06. The van der Waals surface area contributed by atoms with Crippen LogP contribution < -0.4 is 9.64 Å². The van der Waals surface area contributed by atoms with Crippen molar-refractivity contribution >= 4 is 34.9 Å². The highest BCUT2D eigenvalue weighted by molar-refractivity contribution is 7.80. The first kappa shape index (κ1) is 17.6. The van der Waals surface area contributed by atoms with Gasteiger partial charge in [0, 0.05) is 12.6 Å². The average molecular weight is 348 g/mol. The molecule has 1 aliphatic heterocycles. The van der Waals surface area contributed by atoms with Crippen molar-refractivity contribution in [2.24, 2.45) is 0 Å². The molecule has 9 heteroatoms. The molecule has 1 amide bonds. The summed E-state index contributed by atoms with van der Waals surface area (Å²) in [6.45, 7) is 3.47. The van der Waals surface area contributed by atoms with E-state index in [1.165, 1.54) is 24.3 Å². The van der Waals surface area contributed by atoms with Crippen molar-refractivity contribution < 1.29 is 19.4 Å². The third kappa shape index (κ3) is 2.88. The van der Waals surface area contributed by atoms with Crippen LogP contribution in [0.5, 0.6) is 5.75 Å². The molecule has 1 N–H and O–H groups in total. The van der Waals surface area contributed by atoms with Crippen LogP contribution >= 0.6 is 12.2 Å².